The molecule has 0 fully saturated rings. The van der Waals surface area contributed by atoms with Gasteiger partial charge in [0.25, 0.3) is 5.91 Å². The van der Waals surface area contributed by atoms with Crippen LogP contribution in [-0.4, -0.2) is 18.3 Å². The normalized spacial score (nSPS) is 11.0. The Morgan fingerprint density at radius 1 is 1.14 bits per heavy atom. The minimum atomic E-state index is -0.288. The molecule has 3 N–H and O–H groups in total. The second-order valence-corrected chi connectivity index (χ2v) is 4.53. The molecule has 0 bridgehead atoms. The van der Waals surface area contributed by atoms with Gasteiger partial charge in [0.2, 0.25) is 0 Å². The third-order valence-electron chi connectivity index (χ3n) is 2.76. The number of rotatable bonds is 5. The summed E-state index contributed by atoms with van der Waals surface area (Å²) in [6, 6.07) is 16.7. The average molecular weight is 283 g/mol. The van der Waals surface area contributed by atoms with Gasteiger partial charge in [-0.1, -0.05) is 53.2 Å². The number of hydrogen-bond donors (Lipinski definition) is 2. The maximum absolute atomic E-state index is 11.7. The van der Waals surface area contributed by atoms with Crippen LogP contribution in [0.5, 0.6) is 0 Å². The molecule has 0 aliphatic carbocycles. The zero-order valence-corrected chi connectivity index (χ0v) is 11.7. The standard InChI is InChI=1S/C16H17N3O2/c1-12-7-9-14(10-8-12)18-15(20)11-21-19-16(17)13-5-3-2-4-6-13/h2-10H,11H2,1H3,(H2,17,19)(H,18,20). The van der Waals surface area contributed by atoms with Gasteiger partial charge in [-0.2, -0.15) is 0 Å². The predicted octanol–water partition coefficient (Wildman–Crippen LogP) is 2.27. The fraction of sp³-hybridized carbons (Fsp3) is 0.125. The number of anilines is 1. The van der Waals surface area contributed by atoms with Crippen molar-refractivity contribution in [1.82, 2.24) is 0 Å². The van der Waals surface area contributed by atoms with Crippen molar-refractivity contribution in [2.24, 2.45) is 10.9 Å². The Labute approximate surface area is 123 Å². The van der Waals surface area contributed by atoms with E-state index in [0.717, 1.165) is 11.1 Å². The summed E-state index contributed by atoms with van der Waals surface area (Å²) >= 11 is 0. The number of amides is 1. The Bertz CT molecular complexity index is 622. The number of nitrogens with zero attached hydrogens (tertiary/aromatic N) is 1. The summed E-state index contributed by atoms with van der Waals surface area (Å²) in [5.41, 5.74) is 8.34. The molecule has 0 saturated heterocycles. The fourth-order valence-corrected chi connectivity index (χ4v) is 1.66. The van der Waals surface area contributed by atoms with Crippen molar-refractivity contribution in [2.75, 3.05) is 11.9 Å². The Balaban J connectivity index is 1.83. The SMILES string of the molecule is Cc1ccc(NC(=O)CO/N=C(/N)c2ccccc2)cc1. The molecule has 5 heteroatoms. The third kappa shape index (κ3) is 4.65. The highest BCUT2D eigenvalue weighted by Crippen LogP contribution is 2.08. The molecule has 108 valence electrons. The predicted molar refractivity (Wildman–Crippen MR) is 82.9 cm³/mol. The van der Waals surface area contributed by atoms with Crippen molar-refractivity contribution < 1.29 is 9.63 Å². The first-order valence-corrected chi connectivity index (χ1v) is 6.52. The van der Waals surface area contributed by atoms with Crippen LogP contribution in [-0.2, 0) is 9.63 Å². The molecule has 2 aromatic carbocycles. The molecule has 0 unspecified atom stereocenters. The minimum Gasteiger partial charge on any atom is -0.384 e. The van der Waals surface area contributed by atoms with Crippen LogP contribution >= 0.6 is 0 Å². The lowest BCUT2D eigenvalue weighted by Crippen LogP contribution is -2.19. The molecule has 0 radical (unpaired) electrons. The first-order valence-electron chi connectivity index (χ1n) is 6.52. The van der Waals surface area contributed by atoms with Crippen LogP contribution in [0.25, 0.3) is 0 Å². The second-order valence-electron chi connectivity index (χ2n) is 4.53. The van der Waals surface area contributed by atoms with Crippen LogP contribution in [0.2, 0.25) is 0 Å². The summed E-state index contributed by atoms with van der Waals surface area (Å²) in [5, 5.41) is 6.43. The highest BCUT2D eigenvalue weighted by molar-refractivity contribution is 5.97. The molecule has 5 nitrogen and oxygen atoms in total. The van der Waals surface area contributed by atoms with Gasteiger partial charge in [-0.15, -0.1) is 0 Å². The number of nitrogens with one attached hydrogen (secondary N) is 1. The highest BCUT2D eigenvalue weighted by Gasteiger charge is 2.03. The Hall–Kier alpha value is -2.82. The molecule has 0 aliphatic heterocycles. The Kier molecular flexibility index (Phi) is 4.93. The van der Waals surface area contributed by atoms with Gasteiger partial charge in [0, 0.05) is 11.3 Å². The van der Waals surface area contributed by atoms with Crippen molar-refractivity contribution in [2.45, 2.75) is 6.92 Å². The lowest BCUT2D eigenvalue weighted by Gasteiger charge is -2.05. The van der Waals surface area contributed by atoms with Gasteiger partial charge in [0.15, 0.2) is 12.4 Å². The number of hydrogen-bond acceptors (Lipinski definition) is 3. The van der Waals surface area contributed by atoms with Crippen LogP contribution in [0.3, 0.4) is 0 Å². The van der Waals surface area contributed by atoms with E-state index in [-0.39, 0.29) is 18.3 Å². The Morgan fingerprint density at radius 3 is 2.48 bits per heavy atom. The quantitative estimate of drug-likeness (QED) is 0.502. The summed E-state index contributed by atoms with van der Waals surface area (Å²) in [5.74, 6) is -0.0535. The lowest BCUT2D eigenvalue weighted by molar-refractivity contribution is -0.120. The monoisotopic (exact) mass is 283 g/mol. The van der Waals surface area contributed by atoms with Crippen LogP contribution in [0, 0.1) is 6.92 Å². The zero-order valence-electron chi connectivity index (χ0n) is 11.7. The summed E-state index contributed by atoms with van der Waals surface area (Å²) in [4.78, 5) is 16.6. The number of amidine groups is 1. The van der Waals surface area contributed by atoms with Crippen molar-refractivity contribution in [3.8, 4) is 0 Å². The number of carbonyl (C=O) groups is 1. The maximum Gasteiger partial charge on any atom is 0.265 e. The van der Waals surface area contributed by atoms with Crippen molar-refractivity contribution in [3.05, 3.63) is 65.7 Å². The summed E-state index contributed by atoms with van der Waals surface area (Å²) in [6.07, 6.45) is 0. The van der Waals surface area contributed by atoms with Gasteiger partial charge >= 0.3 is 0 Å². The smallest absolute Gasteiger partial charge is 0.265 e. The van der Waals surface area contributed by atoms with Gasteiger partial charge in [-0.3, -0.25) is 4.79 Å². The summed E-state index contributed by atoms with van der Waals surface area (Å²) in [7, 11) is 0. The molecule has 1 amide bonds. The van der Waals surface area contributed by atoms with Crippen LogP contribution in [0.4, 0.5) is 5.69 Å². The lowest BCUT2D eigenvalue weighted by atomic mass is 10.2. The Morgan fingerprint density at radius 2 is 1.81 bits per heavy atom. The topological polar surface area (TPSA) is 76.7 Å². The molecule has 0 heterocycles. The van der Waals surface area contributed by atoms with Crippen molar-refractivity contribution >= 4 is 17.4 Å². The zero-order chi connectivity index (χ0) is 15.1. The van der Waals surface area contributed by atoms with E-state index in [1.54, 1.807) is 0 Å². The summed E-state index contributed by atoms with van der Waals surface area (Å²) in [6.45, 7) is 1.79. The van der Waals surface area contributed by atoms with Gasteiger partial charge in [-0.05, 0) is 19.1 Å². The molecule has 21 heavy (non-hydrogen) atoms. The molecular formula is C16H17N3O2. The first kappa shape index (κ1) is 14.6. The first-order chi connectivity index (χ1) is 10.1. The van der Waals surface area contributed by atoms with Crippen LogP contribution < -0.4 is 11.1 Å². The van der Waals surface area contributed by atoms with E-state index in [1.165, 1.54) is 0 Å². The van der Waals surface area contributed by atoms with Crippen LogP contribution in [0.15, 0.2) is 59.8 Å². The number of oxime groups is 1. The highest BCUT2D eigenvalue weighted by atomic mass is 16.6. The molecule has 0 aromatic heterocycles. The van der Waals surface area contributed by atoms with Gasteiger partial charge in [0.05, 0.1) is 0 Å². The molecule has 0 saturated carbocycles. The molecular weight excluding hydrogens is 266 g/mol. The molecule has 2 aromatic rings. The van der Waals surface area contributed by atoms with E-state index in [0.29, 0.717) is 5.69 Å². The van der Waals surface area contributed by atoms with Gasteiger partial charge in [0.1, 0.15) is 0 Å². The number of carbonyl (C=O) groups excluding carboxylic acids is 1. The number of nitrogens with two attached hydrogens (primary N) is 1. The second kappa shape index (κ2) is 7.09. The molecule has 0 aliphatic rings. The van der Waals surface area contributed by atoms with E-state index in [4.69, 9.17) is 10.6 Å². The van der Waals surface area contributed by atoms with Crippen molar-refractivity contribution in [1.29, 1.82) is 0 Å². The number of benzene rings is 2. The largest absolute Gasteiger partial charge is 0.384 e. The summed E-state index contributed by atoms with van der Waals surface area (Å²) < 4.78 is 0. The van der Waals surface area contributed by atoms with E-state index in [9.17, 15) is 4.79 Å². The van der Waals surface area contributed by atoms with E-state index in [2.05, 4.69) is 10.5 Å². The van der Waals surface area contributed by atoms with Crippen LogP contribution in [0.1, 0.15) is 11.1 Å². The van der Waals surface area contributed by atoms with E-state index in [1.807, 2.05) is 61.5 Å². The fourth-order valence-electron chi connectivity index (χ4n) is 1.66. The van der Waals surface area contributed by atoms with Gasteiger partial charge < -0.3 is 15.9 Å². The maximum atomic E-state index is 11.7. The molecule has 2 rings (SSSR count). The molecule has 0 spiro atoms. The van der Waals surface area contributed by atoms with E-state index >= 15 is 0 Å². The third-order valence-corrected chi connectivity index (χ3v) is 2.76. The number of aryl methyl sites for hydroxylation is 1. The van der Waals surface area contributed by atoms with Gasteiger partial charge in [-0.25, -0.2) is 0 Å². The minimum absolute atomic E-state index is 0.193. The van der Waals surface area contributed by atoms with E-state index < -0.39 is 0 Å². The average Bonchev–Trinajstić information content (AvgIpc) is 2.50. The van der Waals surface area contributed by atoms with Crippen molar-refractivity contribution in [3.63, 3.8) is 0 Å². The molecule has 0 atom stereocenters.